The van der Waals surface area contributed by atoms with Crippen LogP contribution in [-0.4, -0.2) is 48.7 Å². The standard InChI is InChI=1S/C10H15N2O8P.H3N.H2O/c1-5-3-12(10(15)11-9(5)14)8-2-6(7(4-13)19-8)20-21(16,17)18;;/h3,6-8,13H,2,4H2,1H3,(H,11,14,15)(H2,16,17,18);1H3;1H2/t6-,7+,8+;;/m0../s1. The summed E-state index contributed by atoms with van der Waals surface area (Å²) < 4.78 is 21.9. The number of phosphoric acid groups is 1. The molecule has 0 radical (unpaired) electrons. The van der Waals surface area contributed by atoms with Gasteiger partial charge in [-0.15, -0.1) is 0 Å². The fourth-order valence-electron chi connectivity index (χ4n) is 2.12. The highest BCUT2D eigenvalue weighted by Crippen LogP contribution is 2.43. The third kappa shape index (κ3) is 5.06. The van der Waals surface area contributed by atoms with Gasteiger partial charge in [0.15, 0.2) is 0 Å². The van der Waals surface area contributed by atoms with Crippen LogP contribution in [0.2, 0.25) is 0 Å². The summed E-state index contributed by atoms with van der Waals surface area (Å²) >= 11 is 0. The van der Waals surface area contributed by atoms with Gasteiger partial charge in [-0.1, -0.05) is 0 Å². The Morgan fingerprint density at radius 1 is 1.48 bits per heavy atom. The van der Waals surface area contributed by atoms with Crippen LogP contribution in [0.4, 0.5) is 0 Å². The zero-order valence-corrected chi connectivity index (χ0v) is 13.1. The Hall–Kier alpha value is -1.37. The summed E-state index contributed by atoms with van der Waals surface area (Å²) in [6.07, 6.45) is -1.73. The monoisotopic (exact) mass is 357 g/mol. The van der Waals surface area contributed by atoms with Gasteiger partial charge in [-0.2, -0.15) is 0 Å². The molecule has 2 rings (SSSR count). The van der Waals surface area contributed by atoms with Crippen LogP contribution >= 0.6 is 7.82 Å². The molecule has 23 heavy (non-hydrogen) atoms. The molecule has 1 aromatic heterocycles. The second-order valence-corrected chi connectivity index (χ2v) is 5.85. The van der Waals surface area contributed by atoms with Crippen molar-refractivity contribution in [3.8, 4) is 0 Å². The lowest BCUT2D eigenvalue weighted by atomic mass is 10.2. The Labute approximate surface area is 129 Å². The Balaban J connectivity index is 0.00000242. The predicted molar refractivity (Wildman–Crippen MR) is 77.2 cm³/mol. The van der Waals surface area contributed by atoms with Crippen molar-refractivity contribution < 1.29 is 34.2 Å². The third-order valence-corrected chi connectivity index (χ3v) is 3.63. The summed E-state index contributed by atoms with van der Waals surface area (Å²) in [7, 11) is -4.75. The van der Waals surface area contributed by atoms with Crippen molar-refractivity contribution >= 4 is 7.82 Å². The first-order chi connectivity index (χ1) is 9.71. The van der Waals surface area contributed by atoms with E-state index in [1.807, 2.05) is 0 Å². The molecule has 1 fully saturated rings. The van der Waals surface area contributed by atoms with Gasteiger partial charge in [0, 0.05) is 18.2 Å². The molecule has 0 amide bonds. The normalized spacial score (nSPS) is 23.9. The number of aliphatic hydroxyl groups excluding tert-OH is 1. The van der Waals surface area contributed by atoms with Crippen molar-refractivity contribution in [2.75, 3.05) is 6.61 Å². The van der Waals surface area contributed by atoms with E-state index < -0.39 is 44.1 Å². The molecular weight excluding hydrogens is 337 g/mol. The minimum atomic E-state index is -4.75. The molecule has 0 aromatic carbocycles. The summed E-state index contributed by atoms with van der Waals surface area (Å²) in [6.45, 7) is 0.967. The van der Waals surface area contributed by atoms with E-state index in [4.69, 9.17) is 19.6 Å². The Morgan fingerprint density at radius 2 is 2.09 bits per heavy atom. The number of aryl methyl sites for hydroxylation is 1. The average Bonchev–Trinajstić information content (AvgIpc) is 2.74. The van der Waals surface area contributed by atoms with E-state index in [2.05, 4.69) is 9.51 Å². The summed E-state index contributed by atoms with van der Waals surface area (Å²) in [5.74, 6) is 0. The summed E-state index contributed by atoms with van der Waals surface area (Å²) in [5, 5.41) is 9.16. The zero-order valence-electron chi connectivity index (χ0n) is 12.2. The van der Waals surface area contributed by atoms with E-state index in [9.17, 15) is 14.2 Å². The SMILES string of the molecule is Cc1cn([C@H]2C[C@H](OP(=O)(O)O)[C@@H](CO)O2)c(=O)[nH]c1=O.N.O. The number of aliphatic hydroxyl groups is 1. The largest absolute Gasteiger partial charge is 0.469 e. The van der Waals surface area contributed by atoms with Crippen LogP contribution in [0.1, 0.15) is 18.2 Å². The molecule has 0 saturated carbocycles. The van der Waals surface area contributed by atoms with Crippen LogP contribution in [0.15, 0.2) is 15.8 Å². The van der Waals surface area contributed by atoms with Gasteiger partial charge in [-0.3, -0.25) is 18.9 Å². The molecule has 12 nitrogen and oxygen atoms in total. The average molecular weight is 357 g/mol. The third-order valence-electron chi connectivity index (χ3n) is 3.09. The maximum atomic E-state index is 11.7. The Bertz CT molecular complexity index is 681. The van der Waals surface area contributed by atoms with Crippen LogP contribution in [0.3, 0.4) is 0 Å². The fourth-order valence-corrected chi connectivity index (χ4v) is 2.70. The molecule has 13 heteroatoms. The van der Waals surface area contributed by atoms with Crippen LogP contribution in [-0.2, 0) is 13.8 Å². The number of phosphoric ester groups is 1. The molecule has 1 saturated heterocycles. The molecule has 2 heterocycles. The zero-order chi connectivity index (χ0) is 15.8. The van der Waals surface area contributed by atoms with Gasteiger partial charge in [0.2, 0.25) is 0 Å². The van der Waals surface area contributed by atoms with Gasteiger partial charge in [-0.25, -0.2) is 9.36 Å². The molecule has 1 aliphatic rings. The van der Waals surface area contributed by atoms with Crippen molar-refractivity contribution in [2.45, 2.75) is 31.8 Å². The Morgan fingerprint density at radius 3 is 2.61 bits per heavy atom. The van der Waals surface area contributed by atoms with Gasteiger partial charge in [0.25, 0.3) is 5.56 Å². The molecular formula is C10H20N3O9P. The van der Waals surface area contributed by atoms with Crippen LogP contribution < -0.4 is 17.4 Å². The number of rotatable bonds is 4. The van der Waals surface area contributed by atoms with E-state index >= 15 is 0 Å². The lowest BCUT2D eigenvalue weighted by Crippen LogP contribution is -2.33. The number of aromatic nitrogens is 2. The molecule has 0 spiro atoms. The molecule has 1 aromatic rings. The number of aromatic amines is 1. The van der Waals surface area contributed by atoms with E-state index in [0.717, 1.165) is 4.57 Å². The van der Waals surface area contributed by atoms with Crippen molar-refractivity contribution in [1.82, 2.24) is 15.7 Å². The van der Waals surface area contributed by atoms with Crippen LogP contribution in [0.25, 0.3) is 0 Å². The maximum Gasteiger partial charge on any atom is 0.469 e. The van der Waals surface area contributed by atoms with E-state index in [1.165, 1.54) is 13.1 Å². The molecule has 134 valence electrons. The molecule has 3 atom stereocenters. The van der Waals surface area contributed by atoms with Gasteiger partial charge in [-0.05, 0) is 6.92 Å². The minimum Gasteiger partial charge on any atom is -0.412 e. The van der Waals surface area contributed by atoms with Crippen LogP contribution in [0, 0.1) is 6.92 Å². The quantitative estimate of drug-likeness (QED) is 0.373. The number of hydrogen-bond acceptors (Lipinski definition) is 7. The van der Waals surface area contributed by atoms with Crippen LogP contribution in [0.5, 0.6) is 0 Å². The first kappa shape index (κ1) is 21.6. The van der Waals surface area contributed by atoms with E-state index in [-0.39, 0.29) is 23.6 Å². The van der Waals surface area contributed by atoms with Crippen molar-refractivity contribution in [3.63, 3.8) is 0 Å². The van der Waals surface area contributed by atoms with Crippen molar-refractivity contribution in [1.29, 1.82) is 0 Å². The van der Waals surface area contributed by atoms with E-state index in [0.29, 0.717) is 0 Å². The summed E-state index contributed by atoms with van der Waals surface area (Å²) in [6, 6.07) is 0. The second-order valence-electron chi connectivity index (χ2n) is 4.66. The highest BCUT2D eigenvalue weighted by Gasteiger charge is 2.40. The topological polar surface area (TPSA) is 218 Å². The molecule has 0 bridgehead atoms. The minimum absolute atomic E-state index is 0. The lowest BCUT2D eigenvalue weighted by molar-refractivity contribution is -0.0453. The van der Waals surface area contributed by atoms with Crippen molar-refractivity contribution in [2.24, 2.45) is 0 Å². The van der Waals surface area contributed by atoms with Gasteiger partial charge >= 0.3 is 13.5 Å². The van der Waals surface area contributed by atoms with Gasteiger partial charge in [0.05, 0.1) is 6.61 Å². The first-order valence-corrected chi connectivity index (χ1v) is 7.56. The summed E-state index contributed by atoms with van der Waals surface area (Å²) in [5.41, 5.74) is -0.974. The van der Waals surface area contributed by atoms with E-state index in [1.54, 1.807) is 0 Å². The number of nitrogens with zero attached hydrogens (tertiary/aromatic N) is 1. The van der Waals surface area contributed by atoms with Crippen molar-refractivity contribution in [3.05, 3.63) is 32.6 Å². The molecule has 0 unspecified atom stereocenters. The maximum absolute atomic E-state index is 11.7. The first-order valence-electron chi connectivity index (χ1n) is 6.03. The highest BCUT2D eigenvalue weighted by atomic mass is 31.2. The predicted octanol–water partition coefficient (Wildman–Crippen LogP) is -2.06. The number of ether oxygens (including phenoxy) is 1. The number of H-pyrrole nitrogens is 1. The smallest absolute Gasteiger partial charge is 0.412 e. The van der Waals surface area contributed by atoms with Gasteiger partial charge < -0.3 is 31.3 Å². The molecule has 0 aliphatic carbocycles. The second kappa shape index (κ2) is 7.95. The Kier molecular flexibility index (Phi) is 7.47. The highest BCUT2D eigenvalue weighted by molar-refractivity contribution is 7.46. The number of hydrogen-bond donors (Lipinski definition) is 5. The lowest BCUT2D eigenvalue weighted by Gasteiger charge is -2.16. The summed E-state index contributed by atoms with van der Waals surface area (Å²) in [4.78, 5) is 42.8. The molecule has 9 N–H and O–H groups in total. The number of nitrogens with one attached hydrogen (secondary N) is 1. The molecule has 1 aliphatic heterocycles. The fraction of sp³-hybridized carbons (Fsp3) is 0.600. The van der Waals surface area contributed by atoms with Gasteiger partial charge in [0.1, 0.15) is 18.4 Å².